The lowest BCUT2D eigenvalue weighted by molar-refractivity contribution is -0.384. The minimum atomic E-state index is -0.337. The normalized spacial score (nSPS) is 16.9. The molecule has 0 bridgehead atoms. The number of allylic oxidation sites excluding steroid dienone is 1. The van der Waals surface area contributed by atoms with Gasteiger partial charge in [0.05, 0.1) is 28.5 Å². The number of para-hydroxylation sites is 1. The van der Waals surface area contributed by atoms with Gasteiger partial charge in [0.2, 0.25) is 0 Å². The number of halogens is 1. The van der Waals surface area contributed by atoms with Gasteiger partial charge in [0.1, 0.15) is 18.1 Å². The lowest BCUT2D eigenvalue weighted by Gasteiger charge is -2.34. The maximum Gasteiger partial charge on any atom is 0.294 e. The van der Waals surface area contributed by atoms with Crippen LogP contribution in [0.4, 0.5) is 17.1 Å². The number of rotatable bonds is 5. The summed E-state index contributed by atoms with van der Waals surface area (Å²) < 4.78 is 7.72. The Hall–Kier alpha value is -3.56. The van der Waals surface area contributed by atoms with Crippen LogP contribution in [0.5, 0.6) is 5.75 Å². The van der Waals surface area contributed by atoms with Crippen molar-refractivity contribution in [1.29, 1.82) is 0 Å². The zero-order valence-corrected chi connectivity index (χ0v) is 20.7. The number of aromatic nitrogens is 1. The molecule has 0 radical (unpaired) electrons. The van der Waals surface area contributed by atoms with Gasteiger partial charge < -0.3 is 24.0 Å². The van der Waals surface area contributed by atoms with Crippen LogP contribution in [-0.2, 0) is 7.05 Å². The number of hydrogen-bond acceptors (Lipinski definition) is 7. The standard InChI is InChI=1S/C25H27ClN6O3/c1-28-8-10-30(11-9-28)21-13-24(35-3)23(12-22(21)32(33)34)31-15-19(26)25(27-16-31)18-14-29(2)20-7-5-4-6-17(18)20/h4-7,12-15H,8-11,16H2,1-3H3. The fourth-order valence-corrected chi connectivity index (χ4v) is 5.01. The van der Waals surface area contributed by atoms with E-state index in [2.05, 4.69) is 18.0 Å². The first-order valence-electron chi connectivity index (χ1n) is 11.4. The molecule has 0 saturated carbocycles. The van der Waals surface area contributed by atoms with Crippen molar-refractivity contribution in [3.8, 4) is 5.75 Å². The molecule has 1 aromatic heterocycles. The first-order valence-corrected chi connectivity index (χ1v) is 11.8. The number of ether oxygens (including phenoxy) is 1. The summed E-state index contributed by atoms with van der Waals surface area (Å²) in [4.78, 5) is 22.5. The molecule has 10 heteroatoms. The number of nitro groups is 1. The molecule has 2 aliphatic rings. The molecule has 0 spiro atoms. The largest absolute Gasteiger partial charge is 0.494 e. The molecular formula is C25H27ClN6O3. The smallest absolute Gasteiger partial charge is 0.294 e. The van der Waals surface area contributed by atoms with Crippen molar-refractivity contribution in [3.05, 3.63) is 69.5 Å². The number of nitro benzene ring substituents is 1. The van der Waals surface area contributed by atoms with Crippen LogP contribution >= 0.6 is 11.6 Å². The van der Waals surface area contributed by atoms with Crippen molar-refractivity contribution in [2.45, 2.75) is 0 Å². The average molecular weight is 495 g/mol. The van der Waals surface area contributed by atoms with Gasteiger partial charge in [0.25, 0.3) is 5.69 Å². The molecule has 0 aliphatic carbocycles. The van der Waals surface area contributed by atoms with Crippen LogP contribution in [-0.4, -0.2) is 67.1 Å². The molecule has 0 N–H and O–H groups in total. The van der Waals surface area contributed by atoms with Gasteiger partial charge in [-0.2, -0.15) is 0 Å². The Kier molecular flexibility index (Phi) is 6.12. The fourth-order valence-electron chi connectivity index (χ4n) is 4.73. The predicted octanol–water partition coefficient (Wildman–Crippen LogP) is 4.19. The number of hydrogen-bond donors (Lipinski definition) is 0. The van der Waals surface area contributed by atoms with Crippen LogP contribution in [0.2, 0.25) is 0 Å². The number of anilines is 2. The second-order valence-electron chi connectivity index (χ2n) is 8.83. The fraction of sp³-hybridized carbons (Fsp3) is 0.320. The number of aryl methyl sites for hydroxylation is 1. The maximum atomic E-state index is 12.0. The van der Waals surface area contributed by atoms with Gasteiger partial charge >= 0.3 is 0 Å². The third-order valence-corrected chi connectivity index (χ3v) is 6.93. The molecule has 1 fully saturated rings. The summed E-state index contributed by atoms with van der Waals surface area (Å²) in [6, 6.07) is 11.4. The molecular weight excluding hydrogens is 468 g/mol. The van der Waals surface area contributed by atoms with E-state index in [-0.39, 0.29) is 17.3 Å². The van der Waals surface area contributed by atoms with Gasteiger partial charge in [-0.05, 0) is 13.1 Å². The highest BCUT2D eigenvalue weighted by atomic mass is 35.5. The Labute approximate surface area is 208 Å². The van der Waals surface area contributed by atoms with Crippen molar-refractivity contribution < 1.29 is 9.66 Å². The number of methoxy groups -OCH3 is 1. The van der Waals surface area contributed by atoms with E-state index in [4.69, 9.17) is 21.3 Å². The molecule has 2 aromatic carbocycles. The average Bonchev–Trinajstić information content (AvgIpc) is 3.20. The first-order chi connectivity index (χ1) is 16.9. The monoisotopic (exact) mass is 494 g/mol. The molecule has 2 aliphatic heterocycles. The SMILES string of the molecule is COc1cc(N2CCN(C)CC2)c([N+](=O)[O-])cc1N1C=C(Cl)C(c2cn(C)c3ccccc23)=NC1. The van der Waals surface area contributed by atoms with Gasteiger partial charge in [-0.25, -0.2) is 0 Å². The quantitative estimate of drug-likeness (QED) is 0.391. The summed E-state index contributed by atoms with van der Waals surface area (Å²) in [5.74, 6) is 0.536. The van der Waals surface area contributed by atoms with Crippen molar-refractivity contribution in [2.24, 2.45) is 12.0 Å². The second kappa shape index (κ2) is 9.24. The number of aliphatic imine (C=N–C) groups is 1. The van der Waals surface area contributed by atoms with Crippen molar-refractivity contribution in [2.75, 3.05) is 56.8 Å². The Morgan fingerprint density at radius 3 is 2.51 bits per heavy atom. The third kappa shape index (κ3) is 4.21. The first kappa shape index (κ1) is 23.2. The lowest BCUT2D eigenvalue weighted by Crippen LogP contribution is -2.44. The molecule has 5 rings (SSSR count). The number of piperazine rings is 1. The number of benzene rings is 2. The molecule has 0 amide bonds. The van der Waals surface area contributed by atoms with Gasteiger partial charge in [0.15, 0.2) is 0 Å². The highest BCUT2D eigenvalue weighted by molar-refractivity contribution is 6.47. The van der Waals surface area contributed by atoms with Gasteiger partial charge in [0, 0.05) is 74.2 Å². The van der Waals surface area contributed by atoms with E-state index in [1.165, 1.54) is 0 Å². The van der Waals surface area contributed by atoms with Crippen LogP contribution in [0.25, 0.3) is 10.9 Å². The maximum absolute atomic E-state index is 12.0. The molecule has 1 saturated heterocycles. The molecule has 0 unspecified atom stereocenters. The van der Waals surface area contributed by atoms with E-state index < -0.39 is 0 Å². The van der Waals surface area contributed by atoms with E-state index in [1.54, 1.807) is 30.3 Å². The Balaban J connectivity index is 1.50. The van der Waals surface area contributed by atoms with E-state index >= 15 is 0 Å². The highest BCUT2D eigenvalue weighted by Crippen LogP contribution is 2.41. The number of nitrogens with zero attached hydrogens (tertiary/aromatic N) is 6. The lowest BCUT2D eigenvalue weighted by atomic mass is 10.1. The number of fused-ring (bicyclic) bond motifs is 1. The molecule has 3 aromatic rings. The van der Waals surface area contributed by atoms with Crippen LogP contribution in [0.1, 0.15) is 5.56 Å². The predicted molar refractivity (Wildman–Crippen MR) is 140 cm³/mol. The molecule has 182 valence electrons. The summed E-state index contributed by atoms with van der Waals surface area (Å²) in [5, 5.41) is 13.6. The summed E-state index contributed by atoms with van der Waals surface area (Å²) in [6.45, 7) is 3.38. The van der Waals surface area contributed by atoms with Crippen molar-refractivity contribution >= 4 is 45.3 Å². The van der Waals surface area contributed by atoms with Gasteiger partial charge in [-0.15, -0.1) is 0 Å². The third-order valence-electron chi connectivity index (χ3n) is 6.65. The summed E-state index contributed by atoms with van der Waals surface area (Å²) in [6.07, 6.45) is 3.79. The summed E-state index contributed by atoms with van der Waals surface area (Å²) in [7, 11) is 5.61. The molecule has 9 nitrogen and oxygen atoms in total. The minimum Gasteiger partial charge on any atom is -0.494 e. The van der Waals surface area contributed by atoms with Gasteiger partial charge in [-0.1, -0.05) is 29.8 Å². The van der Waals surface area contributed by atoms with E-state index in [1.807, 2.05) is 40.9 Å². The zero-order chi connectivity index (χ0) is 24.7. The van der Waals surface area contributed by atoms with Crippen molar-refractivity contribution in [1.82, 2.24) is 9.47 Å². The van der Waals surface area contributed by atoms with E-state index in [0.29, 0.717) is 41.0 Å². The van der Waals surface area contributed by atoms with Crippen LogP contribution < -0.4 is 14.5 Å². The van der Waals surface area contributed by atoms with Crippen LogP contribution in [0, 0.1) is 10.1 Å². The minimum absolute atomic E-state index is 0.0405. The van der Waals surface area contributed by atoms with E-state index in [0.717, 1.165) is 29.6 Å². The number of likely N-dealkylation sites (N-methyl/N-ethyl adjacent to an activating group) is 1. The van der Waals surface area contributed by atoms with Crippen LogP contribution in [0.3, 0.4) is 0 Å². The zero-order valence-electron chi connectivity index (χ0n) is 19.9. The second-order valence-corrected chi connectivity index (χ2v) is 9.23. The molecule has 35 heavy (non-hydrogen) atoms. The Morgan fingerprint density at radius 2 is 1.83 bits per heavy atom. The summed E-state index contributed by atoms with van der Waals surface area (Å²) >= 11 is 6.73. The van der Waals surface area contributed by atoms with Crippen molar-refractivity contribution in [3.63, 3.8) is 0 Å². The Bertz CT molecular complexity index is 1360. The Morgan fingerprint density at radius 1 is 1.09 bits per heavy atom. The van der Waals surface area contributed by atoms with Gasteiger partial charge in [-0.3, -0.25) is 15.1 Å². The van der Waals surface area contributed by atoms with E-state index in [9.17, 15) is 10.1 Å². The molecule has 3 heterocycles. The topological polar surface area (TPSA) is 79.4 Å². The van der Waals surface area contributed by atoms with Crippen LogP contribution in [0.15, 0.2) is 58.8 Å². The summed E-state index contributed by atoms with van der Waals surface area (Å²) in [5.41, 5.74) is 3.90. The molecule has 0 atom stereocenters. The highest BCUT2D eigenvalue weighted by Gasteiger charge is 2.28.